The number of para-hydroxylation sites is 1. The highest BCUT2D eigenvalue weighted by atomic mass is 16.5. The van der Waals surface area contributed by atoms with Gasteiger partial charge in [-0.25, -0.2) is 9.48 Å². The molecule has 1 saturated carbocycles. The number of nitrogens with zero attached hydrogens (tertiary/aromatic N) is 7. The van der Waals surface area contributed by atoms with Crippen LogP contribution in [0.2, 0.25) is 0 Å². The van der Waals surface area contributed by atoms with Crippen molar-refractivity contribution >= 4 is 41.2 Å². The number of benzene rings is 3. The minimum Gasteiger partial charge on any atom is -0.457 e. The lowest BCUT2D eigenvalue weighted by atomic mass is 9.84. The number of carbonyl (C=O) groups excluding carboxylic acids is 5. The number of primary amides is 1. The predicted molar refractivity (Wildman–Crippen MR) is 251 cm³/mol. The Bertz CT molecular complexity index is 2380. The Morgan fingerprint density at radius 3 is 2.24 bits per heavy atom. The molecule has 66 heavy (non-hydrogen) atoms. The molecule has 4 aromatic rings. The molecule has 5 aliphatic rings. The number of hydrogen-bond acceptors (Lipinski definition) is 10. The van der Waals surface area contributed by atoms with Gasteiger partial charge in [-0.2, -0.15) is 5.10 Å². The van der Waals surface area contributed by atoms with Gasteiger partial charge in [0.05, 0.1) is 6.04 Å². The number of piperazine rings is 1. The van der Waals surface area contributed by atoms with Crippen LogP contribution in [0, 0.1) is 11.8 Å². The molecule has 9 rings (SSSR count). The van der Waals surface area contributed by atoms with Crippen LogP contribution in [-0.4, -0.2) is 138 Å². The van der Waals surface area contributed by atoms with Crippen LogP contribution in [0.25, 0.3) is 11.3 Å². The molecule has 16 nitrogen and oxygen atoms in total. The van der Waals surface area contributed by atoms with Crippen molar-refractivity contribution in [3.8, 4) is 22.8 Å². The van der Waals surface area contributed by atoms with Gasteiger partial charge in [-0.3, -0.25) is 34.3 Å². The Morgan fingerprint density at radius 2 is 1.53 bits per heavy atom. The number of urea groups is 1. The quantitative estimate of drug-likeness (QED) is 0.148. The molecule has 4 fully saturated rings. The van der Waals surface area contributed by atoms with E-state index in [9.17, 15) is 24.0 Å². The molecule has 5 heterocycles. The van der Waals surface area contributed by atoms with Crippen LogP contribution in [0.1, 0.15) is 84.5 Å². The highest BCUT2D eigenvalue weighted by Gasteiger charge is 2.37. The number of nitrogens with two attached hydrogens (primary N) is 1. The fraction of sp³-hybridized carbons (Fsp3) is 0.480. The second-order valence-corrected chi connectivity index (χ2v) is 18.6. The highest BCUT2D eigenvalue weighted by Crippen LogP contribution is 2.40. The molecular weight excluding hydrogens is 837 g/mol. The summed E-state index contributed by atoms with van der Waals surface area (Å²) >= 11 is 0. The first kappa shape index (κ1) is 44.9. The zero-order chi connectivity index (χ0) is 45.7. The van der Waals surface area contributed by atoms with Crippen molar-refractivity contribution in [2.75, 3.05) is 82.7 Å². The van der Waals surface area contributed by atoms with Crippen molar-refractivity contribution in [2.45, 2.75) is 69.9 Å². The minimum atomic E-state index is -0.516. The molecule has 4 N–H and O–H groups in total. The van der Waals surface area contributed by atoms with Crippen molar-refractivity contribution < 1.29 is 28.7 Å². The lowest BCUT2D eigenvalue weighted by Crippen LogP contribution is -2.52. The number of anilines is 2. The van der Waals surface area contributed by atoms with Gasteiger partial charge in [0.15, 0.2) is 0 Å². The maximum atomic E-state index is 13.5. The van der Waals surface area contributed by atoms with Crippen LogP contribution in [0.15, 0.2) is 78.9 Å². The molecule has 0 unspecified atom stereocenters. The number of hydrogen-bond donors (Lipinski definition) is 3. The number of amides is 6. The van der Waals surface area contributed by atoms with Gasteiger partial charge >= 0.3 is 6.03 Å². The summed E-state index contributed by atoms with van der Waals surface area (Å²) in [4.78, 5) is 74.2. The number of ether oxygens (including phenoxy) is 1. The van der Waals surface area contributed by atoms with Gasteiger partial charge in [0.25, 0.3) is 11.8 Å². The number of aromatic nitrogens is 2. The molecular formula is C50H62N10O6. The van der Waals surface area contributed by atoms with Gasteiger partial charge in [-0.05, 0) is 118 Å². The van der Waals surface area contributed by atoms with Crippen molar-refractivity contribution in [3.63, 3.8) is 0 Å². The molecule has 0 radical (unpaired) electrons. The van der Waals surface area contributed by atoms with Gasteiger partial charge in [-0.15, -0.1) is 0 Å². The van der Waals surface area contributed by atoms with E-state index in [2.05, 4.69) is 27.5 Å². The molecule has 3 aromatic carbocycles. The van der Waals surface area contributed by atoms with Crippen LogP contribution in [-0.2, 0) is 9.59 Å². The Balaban J connectivity index is 0.696. The number of fused-ring (bicyclic) bond motifs is 1. The first-order valence-corrected chi connectivity index (χ1v) is 23.8. The van der Waals surface area contributed by atoms with Crippen LogP contribution >= 0.6 is 0 Å². The third-order valence-electron chi connectivity index (χ3n) is 14.4. The summed E-state index contributed by atoms with van der Waals surface area (Å²) in [5.41, 5.74) is 8.90. The molecule has 4 aliphatic heterocycles. The van der Waals surface area contributed by atoms with Gasteiger partial charge < -0.3 is 30.5 Å². The smallest absolute Gasteiger partial charge is 0.328 e. The zero-order valence-electron chi connectivity index (χ0n) is 37.9. The first-order valence-electron chi connectivity index (χ1n) is 23.8. The summed E-state index contributed by atoms with van der Waals surface area (Å²) in [6.45, 7) is 7.21. The van der Waals surface area contributed by atoms with Crippen LogP contribution in [0.3, 0.4) is 0 Å². The molecule has 6 amide bonds. The summed E-state index contributed by atoms with van der Waals surface area (Å²) in [5, 5.41) is 10.8. The fourth-order valence-electron chi connectivity index (χ4n) is 10.8. The number of rotatable bonds is 13. The van der Waals surface area contributed by atoms with E-state index in [1.54, 1.807) is 24.3 Å². The van der Waals surface area contributed by atoms with E-state index in [1.165, 1.54) is 4.90 Å². The maximum Gasteiger partial charge on any atom is 0.328 e. The zero-order valence-corrected chi connectivity index (χ0v) is 37.9. The highest BCUT2D eigenvalue weighted by molar-refractivity contribution is 6.06. The largest absolute Gasteiger partial charge is 0.457 e. The molecule has 3 saturated heterocycles. The van der Waals surface area contributed by atoms with E-state index in [0.717, 1.165) is 89.0 Å². The monoisotopic (exact) mass is 898 g/mol. The minimum absolute atomic E-state index is 0.0321. The number of imide groups is 1. The van der Waals surface area contributed by atoms with E-state index in [0.29, 0.717) is 91.1 Å². The third kappa shape index (κ3) is 10.1. The van der Waals surface area contributed by atoms with E-state index in [-0.39, 0.29) is 30.2 Å². The van der Waals surface area contributed by atoms with E-state index in [4.69, 9.17) is 15.6 Å². The molecule has 1 aliphatic carbocycles. The van der Waals surface area contributed by atoms with Crippen molar-refractivity contribution in [2.24, 2.45) is 17.6 Å². The summed E-state index contributed by atoms with van der Waals surface area (Å²) in [7, 11) is 2.14. The van der Waals surface area contributed by atoms with Crippen LogP contribution in [0.5, 0.6) is 11.5 Å². The average molecular weight is 899 g/mol. The second kappa shape index (κ2) is 20.1. The lowest BCUT2D eigenvalue weighted by molar-refractivity contribution is -0.133. The Labute approximate surface area is 386 Å². The number of piperidine rings is 1. The molecule has 16 heteroatoms. The molecule has 0 bridgehead atoms. The molecule has 1 atom stereocenters. The van der Waals surface area contributed by atoms with Crippen molar-refractivity contribution in [1.29, 1.82) is 0 Å². The Hall–Kier alpha value is -6.26. The van der Waals surface area contributed by atoms with Crippen molar-refractivity contribution in [3.05, 3.63) is 90.0 Å². The first-order chi connectivity index (χ1) is 32.1. The SMILES string of the molecule is CN(CCC(=O)N1CCC([C@@H]2CCNc3c(C(N)=O)c(-c4ccc(Oc5ccccc5)cc4)nn32)CC1)CC1CCC(N2CCN(C(=O)c3cccc(N4CCC(=O)NC4=O)c3)CC2)CC1. The second-order valence-electron chi connectivity index (χ2n) is 18.6. The van der Waals surface area contributed by atoms with E-state index in [1.807, 2.05) is 69.1 Å². The number of carbonyl (C=O) groups is 5. The summed E-state index contributed by atoms with van der Waals surface area (Å²) in [6, 6.07) is 24.5. The van der Waals surface area contributed by atoms with Gasteiger partial charge in [-0.1, -0.05) is 24.3 Å². The van der Waals surface area contributed by atoms with Crippen LogP contribution in [0.4, 0.5) is 16.3 Å². The van der Waals surface area contributed by atoms with E-state index >= 15 is 0 Å². The maximum absolute atomic E-state index is 13.5. The summed E-state index contributed by atoms with van der Waals surface area (Å²) in [5.74, 6) is 2.41. The Kier molecular flexibility index (Phi) is 13.7. The third-order valence-corrected chi connectivity index (χ3v) is 14.4. The molecule has 1 aromatic heterocycles. The molecule has 0 spiro atoms. The van der Waals surface area contributed by atoms with Gasteiger partial charge in [0.1, 0.15) is 28.6 Å². The van der Waals surface area contributed by atoms with E-state index < -0.39 is 11.9 Å². The average Bonchev–Trinajstić information content (AvgIpc) is 3.75. The summed E-state index contributed by atoms with van der Waals surface area (Å²) < 4.78 is 7.96. The number of likely N-dealkylation sites (tertiary alicyclic amines) is 1. The van der Waals surface area contributed by atoms with Gasteiger partial charge in [0.2, 0.25) is 11.8 Å². The van der Waals surface area contributed by atoms with Gasteiger partial charge in [0, 0.05) is 101 Å². The normalized spacial score (nSPS) is 21.8. The number of nitrogens with one attached hydrogen (secondary N) is 2. The van der Waals surface area contributed by atoms with Crippen molar-refractivity contribution in [1.82, 2.24) is 34.7 Å². The standard InChI is InChI=1S/C50H62N10O6/c1-55(33-34-10-14-38(15-11-34)56-28-30-58(31-29-56)49(64)37-6-5-7-39(32-37)59-27-21-43(61)53-50(59)65)24-22-44(62)57-25-19-35(20-26-57)42-18-23-52-48-45(47(51)63)46(54-60(42)48)36-12-16-41(17-13-36)66-40-8-3-2-4-9-40/h2-9,12-13,16-17,32,34-35,38,42,52H,10-11,14-15,18-31,33H2,1H3,(H2,51,63)(H,53,61,65)/t34?,38?,42-/m0/s1. The van der Waals surface area contributed by atoms with Crippen LogP contribution < -0.4 is 26.0 Å². The molecule has 348 valence electrons. The predicted octanol–water partition coefficient (Wildman–Crippen LogP) is 5.82. The Morgan fingerprint density at radius 1 is 0.803 bits per heavy atom. The topological polar surface area (TPSA) is 179 Å². The summed E-state index contributed by atoms with van der Waals surface area (Å²) in [6.07, 6.45) is 7.98. The lowest BCUT2D eigenvalue weighted by Gasteiger charge is -2.42. The fourth-order valence-corrected chi connectivity index (χ4v) is 10.8.